The van der Waals surface area contributed by atoms with Gasteiger partial charge in [-0.25, -0.2) is 0 Å². The van der Waals surface area contributed by atoms with Crippen molar-refractivity contribution in [2.24, 2.45) is 5.73 Å². The quantitative estimate of drug-likeness (QED) is 0.813. The zero-order valence-electron chi connectivity index (χ0n) is 9.99. The van der Waals surface area contributed by atoms with Crippen molar-refractivity contribution < 1.29 is 4.74 Å². The molecule has 3 heteroatoms. The van der Waals surface area contributed by atoms with Gasteiger partial charge in [0.05, 0.1) is 6.61 Å². The van der Waals surface area contributed by atoms with Gasteiger partial charge in [0.1, 0.15) is 5.75 Å². The van der Waals surface area contributed by atoms with E-state index in [1.165, 1.54) is 11.1 Å². The first-order valence-electron chi connectivity index (χ1n) is 5.91. The van der Waals surface area contributed by atoms with Gasteiger partial charge in [-0.1, -0.05) is 12.1 Å². The van der Waals surface area contributed by atoms with Crippen LogP contribution in [-0.4, -0.2) is 19.7 Å². The van der Waals surface area contributed by atoms with Crippen LogP contribution in [-0.2, 0) is 6.42 Å². The highest BCUT2D eigenvalue weighted by atomic mass is 16.5. The number of rotatable bonds is 3. The number of nitrogens with two attached hydrogens (primary N) is 1. The van der Waals surface area contributed by atoms with Crippen LogP contribution in [0.5, 0.6) is 5.75 Å². The largest absolute Gasteiger partial charge is 0.493 e. The van der Waals surface area contributed by atoms with Crippen molar-refractivity contribution in [1.82, 2.24) is 5.32 Å². The van der Waals surface area contributed by atoms with Crippen molar-refractivity contribution in [3.05, 3.63) is 29.3 Å². The predicted molar refractivity (Wildman–Crippen MR) is 65.7 cm³/mol. The van der Waals surface area contributed by atoms with Crippen LogP contribution in [0.15, 0.2) is 18.2 Å². The van der Waals surface area contributed by atoms with Gasteiger partial charge >= 0.3 is 0 Å². The van der Waals surface area contributed by atoms with Crippen LogP contribution in [0.1, 0.15) is 30.5 Å². The Hall–Kier alpha value is -1.06. The number of nitrogens with one attached hydrogen (secondary N) is 1. The molecular formula is C13H20N2O. The van der Waals surface area contributed by atoms with E-state index in [1.54, 1.807) is 0 Å². The van der Waals surface area contributed by atoms with Gasteiger partial charge in [0.25, 0.3) is 0 Å². The number of fused-ring (bicyclic) bond motifs is 1. The molecule has 0 amide bonds. The lowest BCUT2D eigenvalue weighted by molar-refractivity contribution is 0.288. The molecule has 0 saturated heterocycles. The third kappa shape index (κ3) is 2.20. The van der Waals surface area contributed by atoms with E-state index in [0.717, 1.165) is 25.2 Å². The summed E-state index contributed by atoms with van der Waals surface area (Å²) in [6.07, 6.45) is 2.22. The maximum atomic E-state index is 5.96. The van der Waals surface area contributed by atoms with Crippen molar-refractivity contribution >= 4 is 0 Å². The van der Waals surface area contributed by atoms with Gasteiger partial charge in [-0.15, -0.1) is 0 Å². The molecule has 3 nitrogen and oxygen atoms in total. The lowest BCUT2D eigenvalue weighted by atomic mass is 9.96. The summed E-state index contributed by atoms with van der Waals surface area (Å²) >= 11 is 0. The van der Waals surface area contributed by atoms with E-state index in [0.29, 0.717) is 0 Å². The summed E-state index contributed by atoms with van der Waals surface area (Å²) in [5.41, 5.74) is 8.52. The molecule has 1 aliphatic heterocycles. The first-order valence-corrected chi connectivity index (χ1v) is 5.91. The number of ether oxygens (including phenoxy) is 1. The van der Waals surface area contributed by atoms with Gasteiger partial charge in [0, 0.05) is 12.1 Å². The van der Waals surface area contributed by atoms with Gasteiger partial charge in [-0.3, -0.25) is 0 Å². The molecule has 2 unspecified atom stereocenters. The van der Waals surface area contributed by atoms with Gasteiger partial charge in [-0.2, -0.15) is 0 Å². The Morgan fingerprint density at radius 1 is 1.44 bits per heavy atom. The molecule has 0 fully saturated rings. The smallest absolute Gasteiger partial charge is 0.122 e. The number of likely N-dealkylation sites (N-methyl/N-ethyl adjacent to an activating group) is 1. The second-order valence-corrected chi connectivity index (χ2v) is 4.44. The summed E-state index contributed by atoms with van der Waals surface area (Å²) in [7, 11) is 1.95. The highest BCUT2D eigenvalue weighted by molar-refractivity contribution is 5.39. The van der Waals surface area contributed by atoms with Crippen molar-refractivity contribution in [1.29, 1.82) is 0 Å². The maximum absolute atomic E-state index is 5.96. The Balaban J connectivity index is 2.28. The molecule has 0 bridgehead atoms. The average molecular weight is 220 g/mol. The van der Waals surface area contributed by atoms with Crippen LogP contribution in [0.25, 0.3) is 0 Å². The van der Waals surface area contributed by atoms with Crippen molar-refractivity contribution in [3.8, 4) is 5.75 Å². The standard InChI is InChI=1S/C13H20N2O/c1-9(14)13(15-2)11-5-6-12-10(8-11)4-3-7-16-12/h5-6,8-9,13,15H,3-4,7,14H2,1-2H3. The SMILES string of the molecule is CNC(c1ccc2c(c1)CCCO2)C(C)N. The van der Waals surface area contributed by atoms with E-state index >= 15 is 0 Å². The molecule has 1 aromatic rings. The average Bonchev–Trinajstić information content (AvgIpc) is 2.29. The van der Waals surface area contributed by atoms with Crippen LogP contribution in [0.4, 0.5) is 0 Å². The van der Waals surface area contributed by atoms with Crippen LogP contribution < -0.4 is 15.8 Å². The molecule has 88 valence electrons. The number of aryl methyl sites for hydroxylation is 1. The monoisotopic (exact) mass is 220 g/mol. The normalized spacial score (nSPS) is 18.4. The second kappa shape index (κ2) is 4.85. The molecule has 2 rings (SSSR count). The molecule has 16 heavy (non-hydrogen) atoms. The minimum absolute atomic E-state index is 0.104. The van der Waals surface area contributed by atoms with E-state index in [-0.39, 0.29) is 12.1 Å². The number of hydrogen-bond acceptors (Lipinski definition) is 3. The molecular weight excluding hydrogens is 200 g/mol. The molecule has 3 N–H and O–H groups in total. The van der Waals surface area contributed by atoms with Crippen LogP contribution >= 0.6 is 0 Å². The molecule has 1 aromatic carbocycles. The fourth-order valence-electron chi connectivity index (χ4n) is 2.31. The molecule has 0 saturated carbocycles. The second-order valence-electron chi connectivity index (χ2n) is 4.44. The minimum atomic E-state index is 0.104. The molecule has 0 aliphatic carbocycles. The Bertz CT molecular complexity index is 363. The molecule has 0 aromatic heterocycles. The molecule has 2 atom stereocenters. The first-order chi connectivity index (χ1) is 7.72. The Morgan fingerprint density at radius 3 is 2.94 bits per heavy atom. The van der Waals surface area contributed by atoms with Gasteiger partial charge in [0.2, 0.25) is 0 Å². The van der Waals surface area contributed by atoms with E-state index in [4.69, 9.17) is 10.5 Å². The van der Waals surface area contributed by atoms with Crippen LogP contribution in [0.2, 0.25) is 0 Å². The lowest BCUT2D eigenvalue weighted by Crippen LogP contribution is -2.33. The third-order valence-corrected chi connectivity index (χ3v) is 3.13. The van der Waals surface area contributed by atoms with Crippen LogP contribution in [0, 0.1) is 0 Å². The van der Waals surface area contributed by atoms with Crippen LogP contribution in [0.3, 0.4) is 0 Å². The summed E-state index contributed by atoms with van der Waals surface area (Å²) in [4.78, 5) is 0. The van der Waals surface area contributed by atoms with E-state index in [1.807, 2.05) is 14.0 Å². The van der Waals surface area contributed by atoms with Gasteiger partial charge in [0.15, 0.2) is 0 Å². The van der Waals surface area contributed by atoms with Crippen molar-refractivity contribution in [2.75, 3.05) is 13.7 Å². The molecule has 0 spiro atoms. The summed E-state index contributed by atoms with van der Waals surface area (Å²) < 4.78 is 5.60. The van der Waals surface area contributed by atoms with Gasteiger partial charge in [-0.05, 0) is 44.0 Å². The summed E-state index contributed by atoms with van der Waals surface area (Å²) in [6, 6.07) is 6.71. The molecule has 0 radical (unpaired) electrons. The summed E-state index contributed by atoms with van der Waals surface area (Å²) in [6.45, 7) is 2.87. The van der Waals surface area contributed by atoms with E-state index in [9.17, 15) is 0 Å². The van der Waals surface area contributed by atoms with E-state index < -0.39 is 0 Å². The predicted octanol–water partition coefficient (Wildman–Crippen LogP) is 1.62. The van der Waals surface area contributed by atoms with Crippen molar-refractivity contribution in [2.45, 2.75) is 31.8 Å². The fraction of sp³-hybridized carbons (Fsp3) is 0.538. The highest BCUT2D eigenvalue weighted by Gasteiger charge is 2.17. The Kier molecular flexibility index (Phi) is 3.46. The summed E-state index contributed by atoms with van der Waals surface area (Å²) in [5.74, 6) is 1.04. The van der Waals surface area contributed by atoms with Gasteiger partial charge < -0.3 is 15.8 Å². The molecule has 1 heterocycles. The summed E-state index contributed by atoms with van der Waals surface area (Å²) in [5, 5.41) is 3.26. The van der Waals surface area contributed by atoms with E-state index in [2.05, 4.69) is 23.5 Å². The lowest BCUT2D eigenvalue weighted by Gasteiger charge is -2.23. The highest BCUT2D eigenvalue weighted by Crippen LogP contribution is 2.28. The molecule has 1 aliphatic rings. The first kappa shape index (κ1) is 11.4. The number of hydrogen-bond donors (Lipinski definition) is 2. The fourth-order valence-corrected chi connectivity index (χ4v) is 2.31. The van der Waals surface area contributed by atoms with Crippen molar-refractivity contribution in [3.63, 3.8) is 0 Å². The third-order valence-electron chi connectivity index (χ3n) is 3.13. The topological polar surface area (TPSA) is 47.3 Å². The number of benzene rings is 1. The Morgan fingerprint density at radius 2 is 2.25 bits per heavy atom. The zero-order chi connectivity index (χ0) is 11.5. The minimum Gasteiger partial charge on any atom is -0.493 e. The Labute approximate surface area is 97.0 Å². The maximum Gasteiger partial charge on any atom is 0.122 e. The zero-order valence-corrected chi connectivity index (χ0v) is 9.99.